The summed E-state index contributed by atoms with van der Waals surface area (Å²) in [6.07, 6.45) is 1.76. The second-order valence-corrected chi connectivity index (χ2v) is 2.33. The number of carboxylic acids is 1. The monoisotopic (exact) mass is 163 g/mol. The molecule has 1 aliphatic rings. The second kappa shape index (κ2) is 3.84. The smallest absolute Gasteiger partial charge is 0.548 e. The first-order chi connectivity index (χ1) is 4.21. The number of hydrogen-bond donors (Lipinski definition) is 0. The standard InChI is InChI=1S/C6H7NO2.K/c7-4-6(5(8)9)2-1-3-6;/h1-3H2,(H,8,9);/q;+1/p-1. The Morgan fingerprint density at radius 3 is 2.10 bits per heavy atom. The van der Waals surface area contributed by atoms with E-state index in [9.17, 15) is 9.90 Å². The molecule has 48 valence electrons. The molecule has 1 rings (SSSR count). The van der Waals surface area contributed by atoms with Crippen molar-refractivity contribution in [2.24, 2.45) is 5.41 Å². The van der Waals surface area contributed by atoms with E-state index in [2.05, 4.69) is 0 Å². The minimum Gasteiger partial charge on any atom is -0.548 e. The molecule has 0 heterocycles. The van der Waals surface area contributed by atoms with E-state index in [-0.39, 0.29) is 51.4 Å². The van der Waals surface area contributed by atoms with Gasteiger partial charge in [-0.25, -0.2) is 0 Å². The van der Waals surface area contributed by atoms with Gasteiger partial charge >= 0.3 is 51.4 Å². The van der Waals surface area contributed by atoms with Gasteiger partial charge in [0.1, 0.15) is 0 Å². The van der Waals surface area contributed by atoms with Crippen LogP contribution in [-0.4, -0.2) is 5.97 Å². The minimum atomic E-state index is -1.21. The zero-order chi connectivity index (χ0) is 6.91. The van der Waals surface area contributed by atoms with Gasteiger partial charge in [-0.15, -0.1) is 0 Å². The molecule has 1 fully saturated rings. The molecule has 1 saturated carbocycles. The van der Waals surface area contributed by atoms with E-state index in [1.54, 1.807) is 6.07 Å². The van der Waals surface area contributed by atoms with Crippen LogP contribution < -0.4 is 56.5 Å². The Balaban J connectivity index is 0.000000810. The quantitative estimate of drug-likeness (QED) is 0.376. The van der Waals surface area contributed by atoms with E-state index in [1.165, 1.54) is 0 Å². The van der Waals surface area contributed by atoms with E-state index in [0.717, 1.165) is 6.42 Å². The van der Waals surface area contributed by atoms with Crippen molar-refractivity contribution >= 4 is 5.97 Å². The third-order valence-electron chi connectivity index (χ3n) is 1.81. The molecule has 0 radical (unpaired) electrons. The molecule has 0 N–H and O–H groups in total. The number of carbonyl (C=O) groups excluding carboxylic acids is 1. The Hall–Kier alpha value is 0.596. The molecule has 0 amide bonds. The summed E-state index contributed by atoms with van der Waals surface area (Å²) in [5.74, 6) is -1.21. The zero-order valence-electron chi connectivity index (χ0n) is 5.89. The van der Waals surface area contributed by atoms with E-state index in [4.69, 9.17) is 5.26 Å². The molecule has 3 nitrogen and oxygen atoms in total. The van der Waals surface area contributed by atoms with Gasteiger partial charge in [-0.3, -0.25) is 0 Å². The van der Waals surface area contributed by atoms with Gasteiger partial charge in [0.25, 0.3) is 0 Å². The summed E-state index contributed by atoms with van der Waals surface area (Å²) in [5.41, 5.74) is -1.12. The first-order valence-electron chi connectivity index (χ1n) is 2.84. The average Bonchev–Trinajstić information content (AvgIpc) is 1.62. The van der Waals surface area contributed by atoms with Crippen LogP contribution in [0.4, 0.5) is 0 Å². The van der Waals surface area contributed by atoms with Crippen LogP contribution in [0.15, 0.2) is 0 Å². The molecule has 0 spiro atoms. The second-order valence-electron chi connectivity index (χ2n) is 2.33. The predicted molar refractivity (Wildman–Crippen MR) is 26.9 cm³/mol. The maximum Gasteiger partial charge on any atom is 1.00 e. The Morgan fingerprint density at radius 2 is 2.10 bits per heavy atom. The number of carboxylic acid groups (broad SMARTS) is 1. The summed E-state index contributed by atoms with van der Waals surface area (Å²) in [5, 5.41) is 18.5. The summed E-state index contributed by atoms with van der Waals surface area (Å²) in [6.45, 7) is 0. The van der Waals surface area contributed by atoms with Gasteiger partial charge in [-0.2, -0.15) is 5.26 Å². The molecule has 4 heteroatoms. The van der Waals surface area contributed by atoms with E-state index >= 15 is 0 Å². The molecule has 0 aromatic rings. The third kappa shape index (κ3) is 1.60. The third-order valence-corrected chi connectivity index (χ3v) is 1.81. The maximum absolute atomic E-state index is 10.2. The van der Waals surface area contributed by atoms with Crippen molar-refractivity contribution in [1.82, 2.24) is 0 Å². The van der Waals surface area contributed by atoms with Crippen LogP contribution in [0.5, 0.6) is 0 Å². The van der Waals surface area contributed by atoms with Crippen molar-refractivity contribution in [1.29, 1.82) is 5.26 Å². The molecule has 0 atom stereocenters. The number of hydrogen-bond acceptors (Lipinski definition) is 3. The molecule has 10 heavy (non-hydrogen) atoms. The Bertz CT molecular complexity index is 181. The fraction of sp³-hybridized carbons (Fsp3) is 0.667. The molecule has 0 bridgehead atoms. The number of carbonyl (C=O) groups is 1. The zero-order valence-corrected chi connectivity index (χ0v) is 9.01. The largest absolute Gasteiger partial charge is 1.00 e. The molecular weight excluding hydrogens is 157 g/mol. The molecule has 1 aliphatic carbocycles. The van der Waals surface area contributed by atoms with Crippen molar-refractivity contribution in [2.45, 2.75) is 19.3 Å². The van der Waals surface area contributed by atoms with Crippen LogP contribution in [0.3, 0.4) is 0 Å². The molecular formula is C6H6KNO2. The summed E-state index contributed by atoms with van der Waals surface area (Å²) in [4.78, 5) is 10.2. The molecule has 0 unspecified atom stereocenters. The fourth-order valence-corrected chi connectivity index (χ4v) is 0.892. The number of aliphatic carboxylic acids is 1. The summed E-state index contributed by atoms with van der Waals surface area (Å²) in [7, 11) is 0. The van der Waals surface area contributed by atoms with Crippen LogP contribution in [0.25, 0.3) is 0 Å². The van der Waals surface area contributed by atoms with Gasteiger partial charge in [-0.1, -0.05) is 0 Å². The molecule has 0 aromatic carbocycles. The van der Waals surface area contributed by atoms with Crippen LogP contribution in [-0.2, 0) is 4.79 Å². The van der Waals surface area contributed by atoms with Crippen molar-refractivity contribution in [3.63, 3.8) is 0 Å². The topological polar surface area (TPSA) is 63.9 Å². The van der Waals surface area contributed by atoms with Gasteiger partial charge in [0, 0.05) is 0 Å². The van der Waals surface area contributed by atoms with Crippen LogP contribution in [0.2, 0.25) is 0 Å². The summed E-state index contributed by atoms with van der Waals surface area (Å²) in [6, 6.07) is 1.75. The SMILES string of the molecule is N#CC1(C(=O)[O-])CCC1.[K+]. The predicted octanol–water partition coefficient (Wildman–Crippen LogP) is -3.57. The van der Waals surface area contributed by atoms with Gasteiger partial charge in [0.15, 0.2) is 0 Å². The van der Waals surface area contributed by atoms with E-state index in [1.807, 2.05) is 0 Å². The van der Waals surface area contributed by atoms with Crippen LogP contribution in [0.1, 0.15) is 19.3 Å². The van der Waals surface area contributed by atoms with Crippen LogP contribution in [0, 0.1) is 16.7 Å². The number of nitrogens with zero attached hydrogens (tertiary/aromatic N) is 1. The van der Waals surface area contributed by atoms with E-state index in [0.29, 0.717) is 12.8 Å². The van der Waals surface area contributed by atoms with Crippen molar-refractivity contribution < 1.29 is 61.3 Å². The molecule has 0 aromatic heterocycles. The Morgan fingerprint density at radius 1 is 1.60 bits per heavy atom. The normalized spacial score (nSPS) is 19.5. The number of rotatable bonds is 1. The summed E-state index contributed by atoms with van der Waals surface area (Å²) >= 11 is 0. The van der Waals surface area contributed by atoms with Gasteiger partial charge in [-0.05, 0) is 19.3 Å². The first-order valence-corrected chi connectivity index (χ1v) is 2.84. The Labute approximate surface area is 102 Å². The van der Waals surface area contributed by atoms with Crippen LogP contribution >= 0.6 is 0 Å². The van der Waals surface area contributed by atoms with Crippen molar-refractivity contribution in [3.05, 3.63) is 0 Å². The number of nitriles is 1. The maximum atomic E-state index is 10.2. The first kappa shape index (κ1) is 10.6. The van der Waals surface area contributed by atoms with E-state index < -0.39 is 11.4 Å². The fourth-order valence-electron chi connectivity index (χ4n) is 0.892. The van der Waals surface area contributed by atoms with Gasteiger partial charge < -0.3 is 9.90 Å². The van der Waals surface area contributed by atoms with Crippen molar-refractivity contribution in [3.8, 4) is 6.07 Å². The average molecular weight is 163 g/mol. The Kier molecular flexibility index (Phi) is 4.06. The van der Waals surface area contributed by atoms with Gasteiger partial charge in [0.2, 0.25) is 0 Å². The molecule has 0 saturated heterocycles. The minimum absolute atomic E-state index is 0. The summed E-state index contributed by atoms with van der Waals surface area (Å²) < 4.78 is 0. The molecule has 0 aliphatic heterocycles. The van der Waals surface area contributed by atoms with Gasteiger partial charge in [0.05, 0.1) is 17.5 Å². The van der Waals surface area contributed by atoms with Crippen molar-refractivity contribution in [2.75, 3.05) is 0 Å².